The second kappa shape index (κ2) is 6.19. The molecule has 0 aromatic heterocycles. The molecule has 0 heterocycles. The van der Waals surface area contributed by atoms with Crippen molar-refractivity contribution < 1.29 is 4.39 Å². The van der Waals surface area contributed by atoms with Gasteiger partial charge in [-0.3, -0.25) is 0 Å². The lowest BCUT2D eigenvalue weighted by atomic mass is 9.83. The lowest BCUT2D eigenvalue weighted by molar-refractivity contribution is 0.322. The summed E-state index contributed by atoms with van der Waals surface area (Å²) in [5.41, 5.74) is 0.922. The van der Waals surface area contributed by atoms with Crippen LogP contribution in [0.4, 0.5) is 4.39 Å². The van der Waals surface area contributed by atoms with Gasteiger partial charge in [0.25, 0.3) is 0 Å². The van der Waals surface area contributed by atoms with Gasteiger partial charge in [0.05, 0.1) is 4.47 Å². The highest BCUT2D eigenvalue weighted by Gasteiger charge is 2.24. The first-order chi connectivity index (χ1) is 8.67. The molecule has 19 heavy (non-hydrogen) atoms. The largest absolute Gasteiger partial charge is 0.311 e. The van der Waals surface area contributed by atoms with E-state index in [1.165, 1.54) is 6.07 Å². The fourth-order valence-electron chi connectivity index (χ4n) is 1.79. The quantitative estimate of drug-likeness (QED) is 0.772. The first-order valence-electron chi connectivity index (χ1n) is 6.48. The Kier molecular flexibility index (Phi) is 5.34. The van der Waals surface area contributed by atoms with Crippen LogP contribution in [0.3, 0.4) is 0 Å². The van der Waals surface area contributed by atoms with E-state index in [-0.39, 0.29) is 16.8 Å². The second-order valence-corrected chi connectivity index (χ2v) is 7.14. The molecule has 0 radical (unpaired) electrons. The van der Waals surface area contributed by atoms with E-state index >= 15 is 0 Å². The molecule has 0 aliphatic rings. The summed E-state index contributed by atoms with van der Waals surface area (Å²) in [6, 6.07) is 5.16. The fourth-order valence-corrected chi connectivity index (χ4v) is 2.20. The third-order valence-corrected chi connectivity index (χ3v) is 4.03. The molecule has 0 fully saturated rings. The SMILES string of the molecule is C=CC(C)(CNC(C)(C)C)Cc1cccc(F)c1Br. The third-order valence-electron chi connectivity index (χ3n) is 3.14. The first-order valence-corrected chi connectivity index (χ1v) is 7.28. The van der Waals surface area contributed by atoms with Crippen molar-refractivity contribution in [2.24, 2.45) is 5.41 Å². The van der Waals surface area contributed by atoms with E-state index in [1.807, 2.05) is 12.1 Å². The van der Waals surface area contributed by atoms with Crippen molar-refractivity contribution in [2.75, 3.05) is 6.54 Å². The fraction of sp³-hybridized carbons (Fsp3) is 0.500. The molecule has 0 aliphatic heterocycles. The van der Waals surface area contributed by atoms with E-state index in [1.54, 1.807) is 6.07 Å². The van der Waals surface area contributed by atoms with E-state index < -0.39 is 0 Å². The lowest BCUT2D eigenvalue weighted by Gasteiger charge is -2.31. The Hall–Kier alpha value is -0.670. The van der Waals surface area contributed by atoms with Crippen LogP contribution in [0.5, 0.6) is 0 Å². The summed E-state index contributed by atoms with van der Waals surface area (Å²) in [5, 5.41) is 3.49. The van der Waals surface area contributed by atoms with Crippen LogP contribution in [0.1, 0.15) is 33.3 Å². The van der Waals surface area contributed by atoms with E-state index in [0.717, 1.165) is 18.5 Å². The number of hydrogen-bond acceptors (Lipinski definition) is 1. The van der Waals surface area contributed by atoms with Gasteiger partial charge in [0, 0.05) is 17.5 Å². The molecule has 0 bridgehead atoms. The first kappa shape index (κ1) is 16.4. The van der Waals surface area contributed by atoms with Crippen LogP contribution in [0.2, 0.25) is 0 Å². The van der Waals surface area contributed by atoms with E-state index in [0.29, 0.717) is 4.47 Å². The standard InChI is InChI=1S/C16H23BrFN/c1-6-16(5,11-19-15(2,3)4)10-12-8-7-9-13(18)14(12)17/h6-9,19H,1,10-11H2,2-5H3. The van der Waals surface area contributed by atoms with Crippen LogP contribution < -0.4 is 5.32 Å². The Morgan fingerprint density at radius 2 is 1.95 bits per heavy atom. The molecule has 1 unspecified atom stereocenters. The van der Waals surface area contributed by atoms with Crippen LogP contribution in [0.15, 0.2) is 35.3 Å². The Labute approximate surface area is 124 Å². The molecule has 1 atom stereocenters. The normalized spacial score (nSPS) is 15.1. The Morgan fingerprint density at radius 1 is 1.32 bits per heavy atom. The van der Waals surface area contributed by atoms with Gasteiger partial charge in [0.2, 0.25) is 0 Å². The van der Waals surface area contributed by atoms with Crippen molar-refractivity contribution in [2.45, 2.75) is 39.7 Å². The number of hydrogen-bond donors (Lipinski definition) is 1. The maximum absolute atomic E-state index is 13.5. The summed E-state index contributed by atoms with van der Waals surface area (Å²) in [6.07, 6.45) is 2.70. The smallest absolute Gasteiger partial charge is 0.137 e. The maximum Gasteiger partial charge on any atom is 0.137 e. The van der Waals surface area contributed by atoms with Gasteiger partial charge in [-0.25, -0.2) is 4.39 Å². The Morgan fingerprint density at radius 3 is 2.47 bits per heavy atom. The topological polar surface area (TPSA) is 12.0 Å². The van der Waals surface area contributed by atoms with Gasteiger partial charge in [-0.05, 0) is 54.8 Å². The van der Waals surface area contributed by atoms with Crippen molar-refractivity contribution in [1.29, 1.82) is 0 Å². The Balaban J connectivity index is 2.86. The summed E-state index contributed by atoms with van der Waals surface area (Å²) in [7, 11) is 0. The van der Waals surface area contributed by atoms with Crippen molar-refractivity contribution in [3.63, 3.8) is 0 Å². The van der Waals surface area contributed by atoms with Crippen molar-refractivity contribution >= 4 is 15.9 Å². The van der Waals surface area contributed by atoms with Gasteiger partial charge in [0.15, 0.2) is 0 Å². The summed E-state index contributed by atoms with van der Waals surface area (Å²) in [4.78, 5) is 0. The Bertz CT molecular complexity index is 451. The van der Waals surface area contributed by atoms with Gasteiger partial charge >= 0.3 is 0 Å². The minimum atomic E-state index is -0.215. The molecule has 106 valence electrons. The molecule has 0 amide bonds. The molecule has 0 saturated heterocycles. The number of rotatable bonds is 5. The molecule has 1 aromatic carbocycles. The van der Waals surface area contributed by atoms with Crippen molar-refractivity contribution in [1.82, 2.24) is 5.32 Å². The minimum Gasteiger partial charge on any atom is -0.311 e. The zero-order valence-corrected chi connectivity index (χ0v) is 13.8. The third kappa shape index (κ3) is 5.07. The molecular weight excluding hydrogens is 305 g/mol. The molecule has 0 saturated carbocycles. The zero-order valence-electron chi connectivity index (χ0n) is 12.2. The molecule has 1 aromatic rings. The predicted octanol–water partition coefficient (Wildman–Crippen LogP) is 4.71. The van der Waals surface area contributed by atoms with Crippen molar-refractivity contribution in [3.8, 4) is 0 Å². The number of halogens is 2. The van der Waals surface area contributed by atoms with Gasteiger partial charge in [-0.15, -0.1) is 6.58 Å². The van der Waals surface area contributed by atoms with Gasteiger partial charge in [-0.1, -0.05) is 25.1 Å². The van der Waals surface area contributed by atoms with Gasteiger partial charge in [-0.2, -0.15) is 0 Å². The maximum atomic E-state index is 13.5. The summed E-state index contributed by atoms with van der Waals surface area (Å²) in [5.74, 6) is -0.215. The van der Waals surface area contributed by atoms with Crippen LogP contribution in [-0.2, 0) is 6.42 Å². The number of benzene rings is 1. The minimum absolute atomic E-state index is 0.0590. The molecular formula is C16H23BrFN. The molecule has 1 nitrogen and oxygen atoms in total. The summed E-state index contributed by atoms with van der Waals surface area (Å²) in [6.45, 7) is 13.3. The average Bonchev–Trinajstić information content (AvgIpc) is 2.32. The summed E-state index contributed by atoms with van der Waals surface area (Å²) >= 11 is 3.32. The molecule has 0 spiro atoms. The molecule has 1 N–H and O–H groups in total. The molecule has 1 rings (SSSR count). The molecule has 3 heteroatoms. The average molecular weight is 328 g/mol. The highest BCUT2D eigenvalue weighted by atomic mass is 79.9. The van der Waals surface area contributed by atoms with E-state index in [9.17, 15) is 4.39 Å². The van der Waals surface area contributed by atoms with Crippen molar-refractivity contribution in [3.05, 3.63) is 46.7 Å². The van der Waals surface area contributed by atoms with E-state index in [4.69, 9.17) is 0 Å². The number of nitrogens with one attached hydrogen (secondary N) is 1. The summed E-state index contributed by atoms with van der Waals surface area (Å²) < 4.78 is 14.1. The predicted molar refractivity (Wildman–Crippen MR) is 83.9 cm³/mol. The monoisotopic (exact) mass is 327 g/mol. The molecule has 0 aliphatic carbocycles. The second-order valence-electron chi connectivity index (χ2n) is 6.35. The van der Waals surface area contributed by atoms with Gasteiger partial charge < -0.3 is 5.32 Å². The van der Waals surface area contributed by atoms with Crippen LogP contribution in [0.25, 0.3) is 0 Å². The van der Waals surface area contributed by atoms with Crippen LogP contribution in [0, 0.1) is 11.2 Å². The van der Waals surface area contributed by atoms with E-state index in [2.05, 4.69) is 55.5 Å². The van der Waals surface area contributed by atoms with Gasteiger partial charge in [0.1, 0.15) is 5.82 Å². The van der Waals surface area contributed by atoms with Crippen LogP contribution in [-0.4, -0.2) is 12.1 Å². The highest BCUT2D eigenvalue weighted by molar-refractivity contribution is 9.10. The lowest BCUT2D eigenvalue weighted by Crippen LogP contribution is -2.43. The van der Waals surface area contributed by atoms with Crippen LogP contribution >= 0.6 is 15.9 Å². The highest BCUT2D eigenvalue weighted by Crippen LogP contribution is 2.29. The zero-order chi connectivity index (χ0) is 14.7.